The molecule has 5 nitrogen and oxygen atoms in total. The standard InChI is InChI=1S/C18H17BrFN3O2/c19-14-3-1-13(2-4-14)17(24)22-9-11-23(12-10-22)18(25)21-16-7-5-15(20)6-8-16/h1-8H,9-12H2,(H,21,25). The Labute approximate surface area is 153 Å². The third-order valence-corrected chi connectivity index (χ3v) is 4.57. The fraction of sp³-hybridized carbons (Fsp3) is 0.222. The molecule has 2 aromatic rings. The Morgan fingerprint density at radius 3 is 2.04 bits per heavy atom. The molecule has 1 saturated heterocycles. The third-order valence-electron chi connectivity index (χ3n) is 4.04. The molecule has 0 unspecified atom stereocenters. The minimum absolute atomic E-state index is 0.0360. The van der Waals surface area contributed by atoms with Crippen LogP contribution >= 0.6 is 15.9 Å². The number of amides is 3. The first kappa shape index (κ1) is 17.4. The molecule has 1 aliphatic heterocycles. The van der Waals surface area contributed by atoms with E-state index in [0.717, 1.165) is 4.47 Å². The quantitative estimate of drug-likeness (QED) is 0.829. The van der Waals surface area contributed by atoms with E-state index in [1.54, 1.807) is 21.9 Å². The van der Waals surface area contributed by atoms with Crippen LogP contribution in [0.2, 0.25) is 0 Å². The summed E-state index contributed by atoms with van der Waals surface area (Å²) in [7, 11) is 0. The van der Waals surface area contributed by atoms with Crippen molar-refractivity contribution in [3.05, 3.63) is 64.4 Å². The first-order chi connectivity index (χ1) is 12.0. The minimum atomic E-state index is -0.349. The van der Waals surface area contributed by atoms with E-state index in [-0.39, 0.29) is 17.8 Å². The number of piperazine rings is 1. The topological polar surface area (TPSA) is 52.7 Å². The van der Waals surface area contributed by atoms with Gasteiger partial charge in [-0.3, -0.25) is 4.79 Å². The largest absolute Gasteiger partial charge is 0.335 e. The summed E-state index contributed by atoms with van der Waals surface area (Å²) in [5.74, 6) is -0.385. The molecule has 0 bridgehead atoms. The second kappa shape index (κ2) is 7.65. The van der Waals surface area contributed by atoms with Gasteiger partial charge in [0.05, 0.1) is 0 Å². The first-order valence-electron chi connectivity index (χ1n) is 7.89. The summed E-state index contributed by atoms with van der Waals surface area (Å²) in [4.78, 5) is 28.1. The van der Waals surface area contributed by atoms with Crippen LogP contribution in [0.5, 0.6) is 0 Å². The monoisotopic (exact) mass is 405 g/mol. The van der Waals surface area contributed by atoms with Crippen molar-refractivity contribution in [3.63, 3.8) is 0 Å². The van der Waals surface area contributed by atoms with Crippen molar-refractivity contribution < 1.29 is 14.0 Å². The molecule has 7 heteroatoms. The van der Waals surface area contributed by atoms with Crippen molar-refractivity contribution in [1.29, 1.82) is 0 Å². The van der Waals surface area contributed by atoms with Gasteiger partial charge in [-0.2, -0.15) is 0 Å². The smallest absolute Gasteiger partial charge is 0.321 e. The normalized spacial score (nSPS) is 14.3. The molecule has 3 amide bonds. The number of urea groups is 1. The number of carbonyl (C=O) groups is 2. The molecule has 0 saturated carbocycles. The van der Waals surface area contributed by atoms with E-state index in [0.29, 0.717) is 37.4 Å². The number of halogens is 2. The van der Waals surface area contributed by atoms with Crippen molar-refractivity contribution >= 4 is 33.6 Å². The summed E-state index contributed by atoms with van der Waals surface area (Å²) in [6, 6.07) is 12.6. The molecule has 1 fully saturated rings. The van der Waals surface area contributed by atoms with Gasteiger partial charge in [-0.25, -0.2) is 9.18 Å². The summed E-state index contributed by atoms with van der Waals surface area (Å²) in [6.07, 6.45) is 0. The molecule has 130 valence electrons. The summed E-state index contributed by atoms with van der Waals surface area (Å²) in [5, 5.41) is 2.73. The van der Waals surface area contributed by atoms with E-state index < -0.39 is 0 Å². The molecule has 1 heterocycles. The van der Waals surface area contributed by atoms with Crippen LogP contribution in [-0.2, 0) is 0 Å². The fourth-order valence-electron chi connectivity index (χ4n) is 2.62. The molecule has 2 aromatic carbocycles. The van der Waals surface area contributed by atoms with Crippen LogP contribution < -0.4 is 5.32 Å². The van der Waals surface area contributed by atoms with Gasteiger partial charge >= 0.3 is 6.03 Å². The first-order valence-corrected chi connectivity index (χ1v) is 8.68. The van der Waals surface area contributed by atoms with Gasteiger partial charge in [0.25, 0.3) is 5.91 Å². The molecule has 0 aliphatic carbocycles. The van der Waals surface area contributed by atoms with Crippen LogP contribution in [0.1, 0.15) is 10.4 Å². The summed E-state index contributed by atoms with van der Waals surface area (Å²) >= 11 is 3.35. The van der Waals surface area contributed by atoms with Crippen molar-refractivity contribution in [2.45, 2.75) is 0 Å². The number of nitrogens with one attached hydrogen (secondary N) is 1. The van der Waals surface area contributed by atoms with Gasteiger partial charge in [-0.15, -0.1) is 0 Å². The second-order valence-electron chi connectivity index (χ2n) is 5.72. The molecule has 1 aliphatic rings. The average Bonchev–Trinajstić information content (AvgIpc) is 2.64. The maximum atomic E-state index is 12.9. The fourth-order valence-corrected chi connectivity index (χ4v) is 2.89. The van der Waals surface area contributed by atoms with Crippen LogP contribution in [0.3, 0.4) is 0 Å². The number of benzene rings is 2. The SMILES string of the molecule is O=C(Nc1ccc(F)cc1)N1CCN(C(=O)c2ccc(Br)cc2)CC1. The second-order valence-corrected chi connectivity index (χ2v) is 6.64. The summed E-state index contributed by atoms with van der Waals surface area (Å²) < 4.78 is 13.8. The molecular weight excluding hydrogens is 389 g/mol. The zero-order valence-electron chi connectivity index (χ0n) is 13.4. The van der Waals surface area contributed by atoms with Crippen LogP contribution in [-0.4, -0.2) is 47.9 Å². The molecule has 0 spiro atoms. The molecule has 0 atom stereocenters. The highest BCUT2D eigenvalue weighted by atomic mass is 79.9. The Morgan fingerprint density at radius 2 is 1.44 bits per heavy atom. The van der Waals surface area contributed by atoms with Gasteiger partial charge in [0.1, 0.15) is 5.82 Å². The molecule has 3 rings (SSSR count). The summed E-state index contributed by atoms with van der Waals surface area (Å²) in [6.45, 7) is 1.86. The lowest BCUT2D eigenvalue weighted by Gasteiger charge is -2.34. The van der Waals surface area contributed by atoms with Crippen molar-refractivity contribution in [2.75, 3.05) is 31.5 Å². The number of carbonyl (C=O) groups excluding carboxylic acids is 2. The van der Waals surface area contributed by atoms with E-state index >= 15 is 0 Å². The van der Waals surface area contributed by atoms with Gasteiger partial charge < -0.3 is 15.1 Å². The highest BCUT2D eigenvalue weighted by molar-refractivity contribution is 9.10. The number of hydrogen-bond acceptors (Lipinski definition) is 2. The van der Waals surface area contributed by atoms with Crippen molar-refractivity contribution in [2.24, 2.45) is 0 Å². The number of hydrogen-bond donors (Lipinski definition) is 1. The molecular formula is C18H17BrFN3O2. The molecule has 0 radical (unpaired) electrons. The molecule has 0 aromatic heterocycles. The molecule has 25 heavy (non-hydrogen) atoms. The van der Waals surface area contributed by atoms with Crippen molar-refractivity contribution in [1.82, 2.24) is 9.80 Å². The van der Waals surface area contributed by atoms with Crippen LogP contribution in [0.4, 0.5) is 14.9 Å². The minimum Gasteiger partial charge on any atom is -0.335 e. The number of anilines is 1. The van der Waals surface area contributed by atoms with E-state index in [1.807, 2.05) is 12.1 Å². The summed E-state index contributed by atoms with van der Waals surface area (Å²) in [5.41, 5.74) is 1.17. The predicted molar refractivity (Wildman–Crippen MR) is 97.0 cm³/mol. The van der Waals surface area contributed by atoms with E-state index in [1.165, 1.54) is 24.3 Å². The number of nitrogens with zero attached hydrogens (tertiary/aromatic N) is 2. The van der Waals surface area contributed by atoms with E-state index in [9.17, 15) is 14.0 Å². The van der Waals surface area contributed by atoms with Gasteiger partial charge in [0.15, 0.2) is 0 Å². The maximum absolute atomic E-state index is 12.9. The Morgan fingerprint density at radius 1 is 0.880 bits per heavy atom. The lowest BCUT2D eigenvalue weighted by Crippen LogP contribution is -2.51. The molecule has 1 N–H and O–H groups in total. The van der Waals surface area contributed by atoms with Crippen molar-refractivity contribution in [3.8, 4) is 0 Å². The van der Waals surface area contributed by atoms with Gasteiger partial charge in [-0.1, -0.05) is 15.9 Å². The number of rotatable bonds is 2. The van der Waals surface area contributed by atoms with E-state index in [4.69, 9.17) is 0 Å². The zero-order chi connectivity index (χ0) is 17.8. The van der Waals surface area contributed by atoms with Crippen LogP contribution in [0, 0.1) is 5.82 Å². The lowest BCUT2D eigenvalue weighted by atomic mass is 10.2. The Balaban J connectivity index is 1.54. The van der Waals surface area contributed by atoms with Crippen LogP contribution in [0.25, 0.3) is 0 Å². The van der Waals surface area contributed by atoms with Crippen LogP contribution in [0.15, 0.2) is 53.0 Å². The predicted octanol–water partition coefficient (Wildman–Crippen LogP) is 3.58. The Hall–Kier alpha value is -2.41. The lowest BCUT2D eigenvalue weighted by molar-refractivity contribution is 0.0671. The Bertz CT molecular complexity index is 757. The maximum Gasteiger partial charge on any atom is 0.321 e. The highest BCUT2D eigenvalue weighted by Gasteiger charge is 2.24. The average molecular weight is 406 g/mol. The highest BCUT2D eigenvalue weighted by Crippen LogP contribution is 2.15. The van der Waals surface area contributed by atoms with Gasteiger partial charge in [-0.05, 0) is 48.5 Å². The third kappa shape index (κ3) is 4.36. The zero-order valence-corrected chi connectivity index (χ0v) is 15.0. The van der Waals surface area contributed by atoms with E-state index in [2.05, 4.69) is 21.2 Å². The van der Waals surface area contributed by atoms with Gasteiger partial charge in [0, 0.05) is 41.9 Å². The Kier molecular flexibility index (Phi) is 5.33. The van der Waals surface area contributed by atoms with Gasteiger partial charge in [0.2, 0.25) is 0 Å².